The largest absolute Gasteiger partial charge is 0.373 e. The molecule has 20 heavy (non-hydrogen) atoms. The Bertz CT molecular complexity index is 461. The summed E-state index contributed by atoms with van der Waals surface area (Å²) in [6, 6.07) is 8.20. The highest BCUT2D eigenvalue weighted by atomic mass is 16.2. The normalized spacial score (nSPS) is 25.8. The molecule has 1 saturated heterocycles. The first-order valence-electron chi connectivity index (χ1n) is 7.91. The molecule has 2 aliphatic heterocycles. The molecular formula is C17H24N2O. The summed E-state index contributed by atoms with van der Waals surface area (Å²) in [6.07, 6.45) is 5.68. The molecule has 0 spiro atoms. The maximum absolute atomic E-state index is 12.7. The van der Waals surface area contributed by atoms with Gasteiger partial charge in [0.05, 0.1) is 0 Å². The summed E-state index contributed by atoms with van der Waals surface area (Å²) in [5, 5.41) is 3.39. The molecule has 2 unspecified atom stereocenters. The predicted molar refractivity (Wildman–Crippen MR) is 81.8 cm³/mol. The number of hydrogen-bond acceptors (Lipinski definition) is 2. The van der Waals surface area contributed by atoms with E-state index in [4.69, 9.17) is 0 Å². The number of para-hydroxylation sites is 1. The lowest BCUT2D eigenvalue weighted by molar-refractivity contribution is -0.131. The summed E-state index contributed by atoms with van der Waals surface area (Å²) >= 11 is 0. The van der Waals surface area contributed by atoms with Crippen LogP contribution in [0.1, 0.15) is 38.2 Å². The molecule has 1 N–H and O–H groups in total. The van der Waals surface area contributed by atoms with Crippen LogP contribution in [0.5, 0.6) is 0 Å². The Morgan fingerprint density at radius 2 is 2.15 bits per heavy atom. The van der Waals surface area contributed by atoms with Crippen LogP contribution in [-0.4, -0.2) is 29.9 Å². The SMILES string of the molecule is CCC1CCCN(C(=O)C2Cc3ccccc3N2)CC1. The molecule has 2 atom stereocenters. The lowest BCUT2D eigenvalue weighted by Crippen LogP contribution is -2.42. The zero-order valence-electron chi connectivity index (χ0n) is 12.3. The van der Waals surface area contributed by atoms with E-state index in [1.165, 1.54) is 24.8 Å². The van der Waals surface area contributed by atoms with E-state index in [1.54, 1.807) is 0 Å². The van der Waals surface area contributed by atoms with Crippen LogP contribution in [0.15, 0.2) is 24.3 Å². The fourth-order valence-corrected chi connectivity index (χ4v) is 3.46. The molecule has 0 aliphatic carbocycles. The van der Waals surface area contributed by atoms with Gasteiger partial charge in [0.2, 0.25) is 5.91 Å². The van der Waals surface area contributed by atoms with Crippen LogP contribution in [0, 0.1) is 5.92 Å². The van der Waals surface area contributed by atoms with Gasteiger partial charge in [-0.05, 0) is 36.8 Å². The summed E-state index contributed by atoms with van der Waals surface area (Å²) in [5.41, 5.74) is 2.40. The average Bonchev–Trinajstić information content (AvgIpc) is 2.77. The second-order valence-electron chi connectivity index (χ2n) is 6.09. The van der Waals surface area contributed by atoms with Gasteiger partial charge in [-0.2, -0.15) is 0 Å². The quantitative estimate of drug-likeness (QED) is 0.897. The predicted octanol–water partition coefficient (Wildman–Crippen LogP) is 3.06. The van der Waals surface area contributed by atoms with Gasteiger partial charge in [-0.1, -0.05) is 31.5 Å². The summed E-state index contributed by atoms with van der Waals surface area (Å²) in [7, 11) is 0. The van der Waals surface area contributed by atoms with E-state index in [-0.39, 0.29) is 11.9 Å². The number of carbonyl (C=O) groups excluding carboxylic acids is 1. The Kier molecular flexibility index (Phi) is 3.95. The summed E-state index contributed by atoms with van der Waals surface area (Å²) < 4.78 is 0. The molecule has 3 heteroatoms. The van der Waals surface area contributed by atoms with Crippen LogP contribution in [0.25, 0.3) is 0 Å². The highest BCUT2D eigenvalue weighted by molar-refractivity contribution is 5.87. The first-order chi connectivity index (χ1) is 9.78. The fourth-order valence-electron chi connectivity index (χ4n) is 3.46. The fraction of sp³-hybridized carbons (Fsp3) is 0.588. The molecule has 1 fully saturated rings. The standard InChI is InChI=1S/C17H24N2O/c1-2-13-6-5-10-19(11-9-13)17(20)16-12-14-7-3-4-8-15(14)18-16/h3-4,7-8,13,16,18H,2,5-6,9-12H2,1H3. The van der Waals surface area contributed by atoms with Crippen molar-refractivity contribution in [1.29, 1.82) is 0 Å². The van der Waals surface area contributed by atoms with Crippen molar-refractivity contribution in [3.8, 4) is 0 Å². The molecule has 2 aliphatic rings. The van der Waals surface area contributed by atoms with Crippen LogP contribution in [0.4, 0.5) is 5.69 Å². The van der Waals surface area contributed by atoms with Crippen molar-refractivity contribution < 1.29 is 4.79 Å². The Labute approximate surface area is 121 Å². The molecule has 108 valence electrons. The minimum atomic E-state index is -0.0504. The Balaban J connectivity index is 1.63. The molecule has 3 rings (SSSR count). The number of nitrogens with one attached hydrogen (secondary N) is 1. The van der Waals surface area contributed by atoms with Gasteiger partial charge in [0.25, 0.3) is 0 Å². The number of carbonyl (C=O) groups is 1. The number of benzene rings is 1. The van der Waals surface area contributed by atoms with Gasteiger partial charge >= 0.3 is 0 Å². The molecule has 1 amide bonds. The van der Waals surface area contributed by atoms with Crippen molar-refractivity contribution in [2.24, 2.45) is 5.92 Å². The van der Waals surface area contributed by atoms with E-state index in [0.29, 0.717) is 0 Å². The molecule has 0 radical (unpaired) electrons. The van der Waals surface area contributed by atoms with Gasteiger partial charge < -0.3 is 10.2 Å². The van der Waals surface area contributed by atoms with Gasteiger partial charge in [-0.3, -0.25) is 4.79 Å². The average molecular weight is 272 g/mol. The van der Waals surface area contributed by atoms with Gasteiger partial charge in [0.15, 0.2) is 0 Å². The van der Waals surface area contributed by atoms with Crippen molar-refractivity contribution in [2.75, 3.05) is 18.4 Å². The number of amides is 1. The highest BCUT2D eigenvalue weighted by Gasteiger charge is 2.30. The Morgan fingerprint density at radius 3 is 2.95 bits per heavy atom. The molecule has 3 nitrogen and oxygen atoms in total. The van der Waals surface area contributed by atoms with Crippen LogP contribution in [0.3, 0.4) is 0 Å². The molecule has 2 heterocycles. The minimum Gasteiger partial charge on any atom is -0.373 e. The van der Waals surface area contributed by atoms with Crippen molar-refractivity contribution in [2.45, 2.75) is 45.1 Å². The molecule has 0 bridgehead atoms. The molecule has 0 saturated carbocycles. The third kappa shape index (κ3) is 2.67. The van der Waals surface area contributed by atoms with E-state index in [9.17, 15) is 4.79 Å². The first kappa shape index (κ1) is 13.5. The maximum atomic E-state index is 12.7. The zero-order chi connectivity index (χ0) is 13.9. The lowest BCUT2D eigenvalue weighted by atomic mass is 9.98. The summed E-state index contributed by atoms with van der Waals surface area (Å²) in [5.74, 6) is 1.10. The monoisotopic (exact) mass is 272 g/mol. The van der Waals surface area contributed by atoms with E-state index in [1.807, 2.05) is 12.1 Å². The van der Waals surface area contributed by atoms with Crippen molar-refractivity contribution in [1.82, 2.24) is 4.90 Å². The molecule has 1 aromatic rings. The van der Waals surface area contributed by atoms with Gasteiger partial charge in [0, 0.05) is 25.2 Å². The topological polar surface area (TPSA) is 32.3 Å². The van der Waals surface area contributed by atoms with E-state index >= 15 is 0 Å². The maximum Gasteiger partial charge on any atom is 0.245 e. The number of hydrogen-bond donors (Lipinski definition) is 1. The Hall–Kier alpha value is -1.51. The van der Waals surface area contributed by atoms with Crippen LogP contribution < -0.4 is 5.32 Å². The van der Waals surface area contributed by atoms with Crippen molar-refractivity contribution >= 4 is 11.6 Å². The van der Waals surface area contributed by atoms with Gasteiger partial charge in [0.1, 0.15) is 6.04 Å². The minimum absolute atomic E-state index is 0.0504. The van der Waals surface area contributed by atoms with Gasteiger partial charge in [-0.25, -0.2) is 0 Å². The second kappa shape index (κ2) is 5.86. The van der Waals surface area contributed by atoms with Crippen LogP contribution >= 0.6 is 0 Å². The van der Waals surface area contributed by atoms with Crippen LogP contribution in [0.2, 0.25) is 0 Å². The van der Waals surface area contributed by atoms with Crippen molar-refractivity contribution in [3.63, 3.8) is 0 Å². The number of fused-ring (bicyclic) bond motifs is 1. The smallest absolute Gasteiger partial charge is 0.245 e. The number of likely N-dealkylation sites (tertiary alicyclic amines) is 1. The molecule has 0 aromatic heterocycles. The molecule has 1 aromatic carbocycles. The lowest BCUT2D eigenvalue weighted by Gasteiger charge is -2.24. The second-order valence-corrected chi connectivity index (χ2v) is 6.09. The highest BCUT2D eigenvalue weighted by Crippen LogP contribution is 2.27. The van der Waals surface area contributed by atoms with E-state index in [0.717, 1.165) is 37.5 Å². The number of nitrogens with zero attached hydrogens (tertiary/aromatic N) is 1. The van der Waals surface area contributed by atoms with Gasteiger partial charge in [-0.15, -0.1) is 0 Å². The summed E-state index contributed by atoms with van der Waals surface area (Å²) in [6.45, 7) is 4.13. The van der Waals surface area contributed by atoms with E-state index < -0.39 is 0 Å². The first-order valence-corrected chi connectivity index (χ1v) is 7.91. The number of rotatable bonds is 2. The third-order valence-corrected chi connectivity index (χ3v) is 4.81. The Morgan fingerprint density at radius 1 is 1.30 bits per heavy atom. The van der Waals surface area contributed by atoms with Crippen LogP contribution in [-0.2, 0) is 11.2 Å². The number of anilines is 1. The third-order valence-electron chi connectivity index (χ3n) is 4.81. The summed E-state index contributed by atoms with van der Waals surface area (Å²) in [4.78, 5) is 14.8. The zero-order valence-corrected chi connectivity index (χ0v) is 12.3. The molecular weight excluding hydrogens is 248 g/mol. The van der Waals surface area contributed by atoms with Crippen molar-refractivity contribution in [3.05, 3.63) is 29.8 Å². The van der Waals surface area contributed by atoms with E-state index in [2.05, 4.69) is 29.3 Å².